The van der Waals surface area contributed by atoms with Gasteiger partial charge in [0, 0.05) is 18.0 Å². The number of nitrogens with two attached hydrogens (primary N) is 1. The molecule has 1 heterocycles. The van der Waals surface area contributed by atoms with E-state index in [9.17, 15) is 13.2 Å². The molecule has 0 amide bonds. The van der Waals surface area contributed by atoms with Gasteiger partial charge in [-0.2, -0.15) is 13.2 Å². The third-order valence-corrected chi connectivity index (χ3v) is 2.09. The van der Waals surface area contributed by atoms with E-state index in [1.165, 1.54) is 12.3 Å². The Balaban J connectivity index is 2.51. The normalized spacial score (nSPS) is 14.4. The number of hydrogen-bond acceptors (Lipinski definition) is 2. The van der Waals surface area contributed by atoms with Gasteiger partial charge in [-0.3, -0.25) is 0 Å². The molecule has 0 saturated heterocycles. The molecule has 0 aromatic carbocycles. The zero-order valence-corrected chi connectivity index (χ0v) is 7.90. The lowest BCUT2D eigenvalue weighted by Gasteiger charge is -2.11. The fraction of sp³-hybridized carbons (Fsp3) is 0.500. The lowest BCUT2D eigenvalue weighted by Crippen LogP contribution is -2.15. The van der Waals surface area contributed by atoms with E-state index in [4.69, 9.17) is 21.8 Å². The maximum atomic E-state index is 11.8. The van der Waals surface area contributed by atoms with Crippen molar-refractivity contribution in [1.82, 2.24) is 0 Å². The Kier molecular flexibility index (Phi) is 3.44. The first kappa shape index (κ1) is 11.4. The number of hydrogen-bond donors (Lipinski definition) is 1. The Hall–Kier alpha value is -0.680. The molecule has 0 spiro atoms. The minimum Gasteiger partial charge on any atom is -0.453 e. The lowest BCUT2D eigenvalue weighted by molar-refractivity contribution is -0.136. The first-order valence-electron chi connectivity index (χ1n) is 3.95. The Morgan fingerprint density at radius 2 is 2.14 bits per heavy atom. The van der Waals surface area contributed by atoms with Crippen LogP contribution in [0.5, 0.6) is 0 Å². The first-order chi connectivity index (χ1) is 6.40. The zero-order valence-electron chi connectivity index (χ0n) is 7.14. The number of alkyl halides is 3. The van der Waals surface area contributed by atoms with Crippen LogP contribution in [-0.4, -0.2) is 6.18 Å². The van der Waals surface area contributed by atoms with Gasteiger partial charge in [0.2, 0.25) is 0 Å². The monoisotopic (exact) mass is 227 g/mol. The molecule has 0 aliphatic heterocycles. The SMILES string of the molecule is NC(CCC(F)(F)F)c1ccoc1Cl. The number of furan rings is 1. The van der Waals surface area contributed by atoms with Crippen LogP contribution in [-0.2, 0) is 0 Å². The van der Waals surface area contributed by atoms with Crippen LogP contribution >= 0.6 is 11.6 Å². The summed E-state index contributed by atoms with van der Waals surface area (Å²) in [4.78, 5) is 0. The van der Waals surface area contributed by atoms with Crippen LogP contribution in [0.3, 0.4) is 0 Å². The Morgan fingerprint density at radius 3 is 2.57 bits per heavy atom. The van der Waals surface area contributed by atoms with Crippen LogP contribution in [0, 0.1) is 0 Å². The summed E-state index contributed by atoms with van der Waals surface area (Å²) in [6, 6.07) is 0.742. The molecule has 1 rings (SSSR count). The summed E-state index contributed by atoms with van der Waals surface area (Å²) >= 11 is 5.56. The highest BCUT2D eigenvalue weighted by atomic mass is 35.5. The highest BCUT2D eigenvalue weighted by Gasteiger charge is 2.28. The van der Waals surface area contributed by atoms with Gasteiger partial charge >= 0.3 is 6.18 Å². The third-order valence-electron chi connectivity index (χ3n) is 1.78. The van der Waals surface area contributed by atoms with Gasteiger partial charge in [0.05, 0.1) is 6.26 Å². The van der Waals surface area contributed by atoms with Crippen molar-refractivity contribution in [3.63, 3.8) is 0 Å². The molecule has 0 bridgehead atoms. The lowest BCUT2D eigenvalue weighted by atomic mass is 10.1. The van der Waals surface area contributed by atoms with E-state index in [0.29, 0.717) is 5.56 Å². The summed E-state index contributed by atoms with van der Waals surface area (Å²) < 4.78 is 40.3. The molecule has 2 nitrogen and oxygen atoms in total. The Morgan fingerprint density at radius 1 is 1.50 bits per heavy atom. The molecule has 1 atom stereocenters. The Labute approximate surface area is 83.8 Å². The minimum absolute atomic E-state index is 0.0553. The fourth-order valence-electron chi connectivity index (χ4n) is 1.04. The standard InChI is InChI=1S/C8H9ClF3NO/c9-7-5(2-4-14-7)6(13)1-3-8(10,11)12/h2,4,6H,1,3,13H2. The van der Waals surface area contributed by atoms with Crippen molar-refractivity contribution >= 4 is 11.6 Å². The van der Waals surface area contributed by atoms with Crippen molar-refractivity contribution in [3.05, 3.63) is 23.1 Å². The third kappa shape index (κ3) is 3.23. The van der Waals surface area contributed by atoms with E-state index in [-0.39, 0.29) is 11.6 Å². The molecule has 0 saturated carbocycles. The van der Waals surface area contributed by atoms with Crippen LogP contribution in [0.25, 0.3) is 0 Å². The van der Waals surface area contributed by atoms with Gasteiger partial charge < -0.3 is 10.2 Å². The van der Waals surface area contributed by atoms with E-state index in [1.54, 1.807) is 0 Å². The molecule has 2 N–H and O–H groups in total. The second-order valence-corrected chi connectivity index (χ2v) is 3.25. The van der Waals surface area contributed by atoms with Gasteiger partial charge in [0.15, 0.2) is 5.22 Å². The van der Waals surface area contributed by atoms with Crippen molar-refractivity contribution < 1.29 is 17.6 Å². The van der Waals surface area contributed by atoms with Gasteiger partial charge in [-0.05, 0) is 24.1 Å². The van der Waals surface area contributed by atoms with E-state index < -0.39 is 18.6 Å². The molecule has 14 heavy (non-hydrogen) atoms. The molecule has 0 aliphatic carbocycles. The average molecular weight is 228 g/mol. The van der Waals surface area contributed by atoms with E-state index in [2.05, 4.69) is 0 Å². The van der Waals surface area contributed by atoms with Crippen LogP contribution in [0.4, 0.5) is 13.2 Å². The largest absolute Gasteiger partial charge is 0.453 e. The van der Waals surface area contributed by atoms with Crippen LogP contribution in [0.1, 0.15) is 24.4 Å². The van der Waals surface area contributed by atoms with Crippen molar-refractivity contribution in [2.75, 3.05) is 0 Å². The topological polar surface area (TPSA) is 39.2 Å². The molecule has 0 fully saturated rings. The summed E-state index contributed by atoms with van der Waals surface area (Å²) in [6.07, 6.45) is -4.00. The van der Waals surface area contributed by atoms with E-state index in [1.807, 2.05) is 0 Å². The number of rotatable bonds is 3. The maximum absolute atomic E-state index is 11.8. The summed E-state index contributed by atoms with van der Waals surface area (Å²) in [5, 5.41) is 0.0553. The van der Waals surface area contributed by atoms with Gasteiger partial charge in [-0.15, -0.1) is 0 Å². The van der Waals surface area contributed by atoms with Crippen molar-refractivity contribution in [3.8, 4) is 0 Å². The van der Waals surface area contributed by atoms with Gasteiger partial charge in [0.25, 0.3) is 0 Å². The predicted molar refractivity (Wildman–Crippen MR) is 45.9 cm³/mol. The zero-order chi connectivity index (χ0) is 10.8. The van der Waals surface area contributed by atoms with Crippen molar-refractivity contribution in [2.24, 2.45) is 5.73 Å². The van der Waals surface area contributed by atoms with Crippen LogP contribution in [0.2, 0.25) is 5.22 Å². The van der Waals surface area contributed by atoms with Crippen molar-refractivity contribution in [2.45, 2.75) is 25.1 Å². The summed E-state index contributed by atoms with van der Waals surface area (Å²) in [5.74, 6) is 0. The van der Waals surface area contributed by atoms with Gasteiger partial charge in [0.1, 0.15) is 0 Å². The highest BCUT2D eigenvalue weighted by molar-refractivity contribution is 6.29. The van der Waals surface area contributed by atoms with Crippen LogP contribution < -0.4 is 5.73 Å². The maximum Gasteiger partial charge on any atom is 0.389 e. The molecule has 1 aromatic heterocycles. The average Bonchev–Trinajstić information content (AvgIpc) is 2.46. The quantitative estimate of drug-likeness (QED) is 0.861. The molecular weight excluding hydrogens is 219 g/mol. The first-order valence-corrected chi connectivity index (χ1v) is 4.33. The number of halogens is 4. The molecular formula is C8H9ClF3NO. The summed E-state index contributed by atoms with van der Waals surface area (Å²) in [7, 11) is 0. The summed E-state index contributed by atoms with van der Waals surface area (Å²) in [5.41, 5.74) is 5.92. The Bertz CT molecular complexity index is 297. The fourth-order valence-corrected chi connectivity index (χ4v) is 1.30. The molecule has 6 heteroatoms. The van der Waals surface area contributed by atoms with E-state index in [0.717, 1.165) is 0 Å². The molecule has 1 unspecified atom stereocenters. The van der Waals surface area contributed by atoms with Gasteiger partial charge in [-0.1, -0.05) is 0 Å². The second-order valence-electron chi connectivity index (χ2n) is 2.91. The smallest absolute Gasteiger partial charge is 0.389 e. The molecule has 80 valence electrons. The minimum atomic E-state index is -4.19. The van der Waals surface area contributed by atoms with Crippen LogP contribution in [0.15, 0.2) is 16.7 Å². The molecule has 1 aromatic rings. The van der Waals surface area contributed by atoms with E-state index >= 15 is 0 Å². The molecule has 0 aliphatic rings. The van der Waals surface area contributed by atoms with Gasteiger partial charge in [-0.25, -0.2) is 0 Å². The molecule has 0 radical (unpaired) electrons. The predicted octanol–water partition coefficient (Wildman–Crippen LogP) is 3.28. The summed E-state index contributed by atoms with van der Waals surface area (Å²) in [6.45, 7) is 0. The van der Waals surface area contributed by atoms with Crippen molar-refractivity contribution in [1.29, 1.82) is 0 Å². The second kappa shape index (κ2) is 4.23. The highest BCUT2D eigenvalue weighted by Crippen LogP contribution is 2.29.